The minimum Gasteiger partial charge on any atom is -0.507 e. The van der Waals surface area contributed by atoms with Gasteiger partial charge in [-0.25, -0.2) is 14.4 Å². The predicted octanol–water partition coefficient (Wildman–Crippen LogP) is 0.0423. The standard InChI is InChI=1S/C11H12N2O5S/c12-11(17)13-7(5-19)10(16)18-9(15)6-3-1-2-4-8(6)14/h1-4,7,14,19H,5H2,(H3,12,13,17). The smallest absolute Gasteiger partial charge is 0.349 e. The number of amides is 2. The number of benzene rings is 1. The molecule has 0 heterocycles. The molecule has 7 nitrogen and oxygen atoms in total. The molecule has 1 rings (SSSR count). The quantitative estimate of drug-likeness (QED) is 0.354. The summed E-state index contributed by atoms with van der Waals surface area (Å²) >= 11 is 3.83. The van der Waals surface area contributed by atoms with Gasteiger partial charge >= 0.3 is 18.0 Å². The van der Waals surface area contributed by atoms with Crippen LogP contribution in [-0.4, -0.2) is 34.9 Å². The predicted molar refractivity (Wildman–Crippen MR) is 68.9 cm³/mol. The molecule has 19 heavy (non-hydrogen) atoms. The maximum atomic E-state index is 11.6. The van der Waals surface area contributed by atoms with Crippen LogP contribution >= 0.6 is 12.6 Å². The molecule has 102 valence electrons. The van der Waals surface area contributed by atoms with Crippen LogP contribution in [0.1, 0.15) is 10.4 Å². The highest BCUT2D eigenvalue weighted by Gasteiger charge is 2.24. The number of carbonyl (C=O) groups is 3. The van der Waals surface area contributed by atoms with E-state index in [1.807, 2.05) is 0 Å². The lowest BCUT2D eigenvalue weighted by Gasteiger charge is -2.13. The van der Waals surface area contributed by atoms with Crippen LogP contribution in [0, 0.1) is 0 Å². The van der Waals surface area contributed by atoms with Crippen molar-refractivity contribution in [3.63, 3.8) is 0 Å². The number of primary amides is 1. The van der Waals surface area contributed by atoms with Crippen molar-refractivity contribution < 1.29 is 24.2 Å². The van der Waals surface area contributed by atoms with Gasteiger partial charge in [-0.15, -0.1) is 0 Å². The minimum absolute atomic E-state index is 0.0875. The van der Waals surface area contributed by atoms with E-state index in [-0.39, 0.29) is 17.1 Å². The van der Waals surface area contributed by atoms with Gasteiger partial charge in [-0.1, -0.05) is 12.1 Å². The summed E-state index contributed by atoms with van der Waals surface area (Å²) in [7, 11) is 0. The second-order valence-corrected chi connectivity index (χ2v) is 3.83. The summed E-state index contributed by atoms with van der Waals surface area (Å²) < 4.78 is 4.51. The molecule has 1 atom stereocenters. The van der Waals surface area contributed by atoms with Gasteiger partial charge in [-0.3, -0.25) is 0 Å². The highest BCUT2D eigenvalue weighted by Crippen LogP contribution is 2.16. The lowest BCUT2D eigenvalue weighted by Crippen LogP contribution is -2.46. The average molecular weight is 284 g/mol. The molecule has 0 aliphatic rings. The number of rotatable bonds is 4. The molecule has 0 saturated carbocycles. The molecule has 0 fully saturated rings. The van der Waals surface area contributed by atoms with Crippen molar-refractivity contribution in [2.24, 2.45) is 5.73 Å². The first kappa shape index (κ1) is 14.8. The number of esters is 2. The Morgan fingerprint density at radius 1 is 1.37 bits per heavy atom. The Labute approximate surface area is 114 Å². The SMILES string of the molecule is NC(=O)NC(CS)C(=O)OC(=O)c1ccccc1O. The van der Waals surface area contributed by atoms with Crippen molar-refractivity contribution in [2.45, 2.75) is 6.04 Å². The molecule has 1 aromatic carbocycles. The third-order valence-corrected chi connectivity index (χ3v) is 2.47. The van der Waals surface area contributed by atoms with Crippen LogP contribution in [-0.2, 0) is 9.53 Å². The Bertz CT molecular complexity index is 506. The molecule has 0 saturated heterocycles. The van der Waals surface area contributed by atoms with Gasteiger partial charge in [0.2, 0.25) is 0 Å². The molecule has 0 aromatic heterocycles. The Hall–Kier alpha value is -2.22. The third-order valence-electron chi connectivity index (χ3n) is 2.10. The van der Waals surface area contributed by atoms with Crippen molar-refractivity contribution in [3.05, 3.63) is 29.8 Å². The van der Waals surface area contributed by atoms with Crippen LogP contribution in [0.5, 0.6) is 5.75 Å². The number of carbonyl (C=O) groups excluding carboxylic acids is 3. The number of aromatic hydroxyl groups is 1. The van der Waals surface area contributed by atoms with Crippen molar-refractivity contribution in [3.8, 4) is 5.75 Å². The van der Waals surface area contributed by atoms with E-state index in [0.717, 1.165) is 0 Å². The summed E-state index contributed by atoms with van der Waals surface area (Å²) in [5.74, 6) is -2.44. The van der Waals surface area contributed by atoms with Crippen LogP contribution in [0.4, 0.5) is 4.79 Å². The zero-order chi connectivity index (χ0) is 14.4. The number of phenolic OH excluding ortho intramolecular Hbond substituents is 1. The van der Waals surface area contributed by atoms with Crippen LogP contribution in [0.2, 0.25) is 0 Å². The first-order valence-electron chi connectivity index (χ1n) is 5.16. The van der Waals surface area contributed by atoms with E-state index in [1.54, 1.807) is 0 Å². The first-order valence-corrected chi connectivity index (χ1v) is 5.79. The van der Waals surface area contributed by atoms with Gasteiger partial charge in [-0.2, -0.15) is 12.6 Å². The molecule has 8 heteroatoms. The molecule has 0 aliphatic heterocycles. The Kier molecular flexibility index (Phi) is 5.19. The van der Waals surface area contributed by atoms with Crippen molar-refractivity contribution in [1.82, 2.24) is 5.32 Å². The summed E-state index contributed by atoms with van der Waals surface area (Å²) in [6, 6.07) is 3.50. The Balaban J connectivity index is 2.73. The monoisotopic (exact) mass is 284 g/mol. The number of nitrogens with one attached hydrogen (secondary N) is 1. The lowest BCUT2D eigenvalue weighted by molar-refractivity contribution is -0.139. The van der Waals surface area contributed by atoms with E-state index in [4.69, 9.17) is 5.73 Å². The maximum Gasteiger partial charge on any atom is 0.349 e. The van der Waals surface area contributed by atoms with E-state index in [2.05, 4.69) is 22.7 Å². The zero-order valence-corrected chi connectivity index (χ0v) is 10.6. The van der Waals surface area contributed by atoms with Gasteiger partial charge in [0.1, 0.15) is 17.4 Å². The third kappa shape index (κ3) is 4.18. The van der Waals surface area contributed by atoms with Gasteiger partial charge in [0.15, 0.2) is 0 Å². The summed E-state index contributed by atoms with van der Waals surface area (Å²) in [4.78, 5) is 33.8. The number of hydrogen-bond donors (Lipinski definition) is 4. The molecule has 2 amide bonds. The Morgan fingerprint density at radius 3 is 2.53 bits per heavy atom. The Morgan fingerprint density at radius 2 is 2.00 bits per heavy atom. The zero-order valence-electron chi connectivity index (χ0n) is 9.70. The summed E-state index contributed by atoms with van der Waals surface area (Å²) in [6.45, 7) is 0. The van der Waals surface area contributed by atoms with E-state index < -0.39 is 24.0 Å². The second kappa shape index (κ2) is 6.64. The highest BCUT2D eigenvalue weighted by molar-refractivity contribution is 7.80. The average Bonchev–Trinajstić information content (AvgIpc) is 2.35. The van der Waals surface area contributed by atoms with Crippen molar-refractivity contribution in [2.75, 3.05) is 5.75 Å². The maximum absolute atomic E-state index is 11.6. The molecular weight excluding hydrogens is 272 g/mol. The fourth-order valence-corrected chi connectivity index (χ4v) is 1.45. The van der Waals surface area contributed by atoms with E-state index >= 15 is 0 Å². The molecule has 0 spiro atoms. The number of phenols is 1. The second-order valence-electron chi connectivity index (χ2n) is 3.47. The largest absolute Gasteiger partial charge is 0.507 e. The van der Waals surface area contributed by atoms with Gasteiger partial charge in [-0.05, 0) is 12.1 Å². The molecule has 1 aromatic rings. The minimum atomic E-state index is -1.14. The highest BCUT2D eigenvalue weighted by atomic mass is 32.1. The van der Waals surface area contributed by atoms with Crippen LogP contribution in [0.15, 0.2) is 24.3 Å². The number of urea groups is 1. The molecule has 1 unspecified atom stereocenters. The van der Waals surface area contributed by atoms with Crippen molar-refractivity contribution in [1.29, 1.82) is 0 Å². The summed E-state index contributed by atoms with van der Waals surface area (Å²) in [5.41, 5.74) is 4.70. The molecular formula is C11H12N2O5S. The molecule has 0 aliphatic carbocycles. The van der Waals surface area contributed by atoms with Crippen LogP contribution in [0.3, 0.4) is 0 Å². The number of thiol groups is 1. The van der Waals surface area contributed by atoms with Gasteiger partial charge < -0.3 is 20.9 Å². The number of ether oxygens (including phenoxy) is 1. The number of nitrogens with two attached hydrogens (primary N) is 1. The fourth-order valence-electron chi connectivity index (χ4n) is 1.21. The van der Waals surface area contributed by atoms with E-state index in [0.29, 0.717) is 0 Å². The topological polar surface area (TPSA) is 119 Å². The summed E-state index contributed by atoms with van der Waals surface area (Å²) in [5, 5.41) is 11.5. The van der Waals surface area contributed by atoms with E-state index in [1.165, 1.54) is 24.3 Å². The fraction of sp³-hybridized carbons (Fsp3) is 0.182. The van der Waals surface area contributed by atoms with Gasteiger partial charge in [0.25, 0.3) is 0 Å². The van der Waals surface area contributed by atoms with Gasteiger partial charge in [0.05, 0.1) is 0 Å². The van der Waals surface area contributed by atoms with E-state index in [9.17, 15) is 19.5 Å². The number of para-hydroxylation sites is 1. The lowest BCUT2D eigenvalue weighted by atomic mass is 10.2. The molecule has 4 N–H and O–H groups in total. The van der Waals surface area contributed by atoms with Gasteiger partial charge in [0, 0.05) is 5.75 Å². The van der Waals surface area contributed by atoms with Crippen molar-refractivity contribution >= 4 is 30.6 Å². The van der Waals surface area contributed by atoms with Crippen LogP contribution < -0.4 is 11.1 Å². The molecule has 0 radical (unpaired) electrons. The number of hydrogen-bond acceptors (Lipinski definition) is 6. The summed E-state index contributed by atoms with van der Waals surface area (Å²) in [6.07, 6.45) is 0. The first-order chi connectivity index (χ1) is 8.95. The van der Waals surface area contributed by atoms with Crippen LogP contribution in [0.25, 0.3) is 0 Å². The molecule has 0 bridgehead atoms. The normalized spacial score (nSPS) is 11.4.